The lowest BCUT2D eigenvalue weighted by atomic mass is 10.1. The Kier molecular flexibility index (Phi) is 8.10. The summed E-state index contributed by atoms with van der Waals surface area (Å²) in [5, 5.41) is 12.6. The molecular formula is C24H17ClF3N3O2S. The Bertz CT molecular complexity index is 1280. The molecule has 0 saturated heterocycles. The van der Waals surface area contributed by atoms with Gasteiger partial charge in [-0.15, -0.1) is 11.3 Å². The highest BCUT2D eigenvalue weighted by Gasteiger charge is 2.30. The van der Waals surface area contributed by atoms with E-state index in [1.807, 2.05) is 6.07 Å². The fourth-order valence-electron chi connectivity index (χ4n) is 2.89. The van der Waals surface area contributed by atoms with Crippen LogP contribution in [0.5, 0.6) is 5.75 Å². The Morgan fingerprint density at radius 2 is 2.09 bits per heavy atom. The third kappa shape index (κ3) is 6.70. The van der Waals surface area contributed by atoms with Crippen LogP contribution in [0.4, 0.5) is 18.3 Å². The number of anilines is 1. The summed E-state index contributed by atoms with van der Waals surface area (Å²) in [6.07, 6.45) is 0.151. The first-order valence-corrected chi connectivity index (χ1v) is 11.0. The van der Waals surface area contributed by atoms with Crippen molar-refractivity contribution >= 4 is 40.1 Å². The zero-order valence-corrected chi connectivity index (χ0v) is 19.1. The van der Waals surface area contributed by atoms with E-state index in [9.17, 15) is 23.2 Å². The van der Waals surface area contributed by atoms with E-state index in [4.69, 9.17) is 16.3 Å². The van der Waals surface area contributed by atoms with Gasteiger partial charge in [-0.05, 0) is 35.9 Å². The molecule has 3 aromatic rings. The van der Waals surface area contributed by atoms with Crippen molar-refractivity contribution in [1.82, 2.24) is 4.98 Å². The Labute approximate surface area is 202 Å². The first-order valence-electron chi connectivity index (χ1n) is 9.77. The summed E-state index contributed by atoms with van der Waals surface area (Å²) in [6, 6.07) is 11.6. The lowest BCUT2D eigenvalue weighted by Crippen LogP contribution is -2.13. The molecule has 3 rings (SSSR count). The van der Waals surface area contributed by atoms with Crippen LogP contribution in [0, 0.1) is 11.3 Å². The molecule has 1 aromatic heterocycles. The van der Waals surface area contributed by atoms with Crippen LogP contribution in [0.3, 0.4) is 0 Å². The van der Waals surface area contributed by atoms with Gasteiger partial charge in [-0.1, -0.05) is 42.5 Å². The first-order chi connectivity index (χ1) is 16.2. The van der Waals surface area contributed by atoms with Crippen LogP contribution >= 0.6 is 22.9 Å². The van der Waals surface area contributed by atoms with Gasteiger partial charge in [0.1, 0.15) is 24.0 Å². The zero-order valence-electron chi connectivity index (χ0n) is 17.5. The quantitative estimate of drug-likeness (QED) is 0.216. The molecule has 0 atom stereocenters. The molecule has 0 bridgehead atoms. The molecule has 174 valence electrons. The van der Waals surface area contributed by atoms with Gasteiger partial charge in [-0.2, -0.15) is 18.4 Å². The van der Waals surface area contributed by atoms with E-state index in [0.717, 1.165) is 23.5 Å². The van der Waals surface area contributed by atoms with Gasteiger partial charge in [0.25, 0.3) is 5.91 Å². The summed E-state index contributed by atoms with van der Waals surface area (Å²) in [7, 11) is 0. The van der Waals surface area contributed by atoms with Crippen molar-refractivity contribution < 1.29 is 22.7 Å². The number of rotatable bonds is 8. The second kappa shape index (κ2) is 11.0. The number of alkyl halides is 3. The fraction of sp³-hybridized carbons (Fsp3) is 0.125. The van der Waals surface area contributed by atoms with Crippen LogP contribution in [0.25, 0.3) is 6.08 Å². The number of amides is 1. The number of nitrogens with one attached hydrogen (secondary N) is 1. The lowest BCUT2D eigenvalue weighted by Gasteiger charge is -2.08. The van der Waals surface area contributed by atoms with E-state index in [1.165, 1.54) is 18.3 Å². The highest BCUT2D eigenvalue weighted by atomic mass is 35.5. The molecule has 0 fully saturated rings. The predicted octanol–water partition coefficient (Wildman–Crippen LogP) is 6.52. The number of nitrogens with zero attached hydrogens (tertiary/aromatic N) is 2. The molecule has 0 aliphatic heterocycles. The Morgan fingerprint density at radius 3 is 2.79 bits per heavy atom. The van der Waals surface area contributed by atoms with Gasteiger partial charge in [0.2, 0.25) is 0 Å². The minimum Gasteiger partial charge on any atom is -0.489 e. The predicted molar refractivity (Wildman–Crippen MR) is 126 cm³/mol. The number of carbonyl (C=O) groups is 1. The van der Waals surface area contributed by atoms with Crippen LogP contribution in [-0.4, -0.2) is 17.5 Å². The Balaban J connectivity index is 1.74. The van der Waals surface area contributed by atoms with Crippen molar-refractivity contribution in [2.45, 2.75) is 12.6 Å². The van der Waals surface area contributed by atoms with Gasteiger partial charge in [-0.25, -0.2) is 4.98 Å². The maximum absolute atomic E-state index is 12.9. The summed E-state index contributed by atoms with van der Waals surface area (Å²) in [4.78, 5) is 17.4. The first kappa shape index (κ1) is 25.0. The number of carbonyl (C=O) groups excluding carboxylic acids is 1. The van der Waals surface area contributed by atoms with Gasteiger partial charge in [0.15, 0.2) is 5.13 Å². The molecule has 5 nitrogen and oxygen atoms in total. The van der Waals surface area contributed by atoms with Gasteiger partial charge in [0, 0.05) is 28.1 Å². The number of aromatic nitrogens is 1. The monoisotopic (exact) mass is 503 g/mol. The van der Waals surface area contributed by atoms with E-state index >= 15 is 0 Å². The fourth-order valence-corrected chi connectivity index (χ4v) is 3.91. The maximum Gasteiger partial charge on any atom is 0.416 e. The van der Waals surface area contributed by atoms with Gasteiger partial charge < -0.3 is 4.74 Å². The Hall–Kier alpha value is -3.61. The summed E-state index contributed by atoms with van der Waals surface area (Å²) < 4.78 is 44.3. The number of nitriles is 1. The normalized spacial score (nSPS) is 11.6. The molecule has 0 spiro atoms. The molecule has 0 radical (unpaired) electrons. The van der Waals surface area contributed by atoms with Crippen molar-refractivity contribution in [3.8, 4) is 11.8 Å². The summed E-state index contributed by atoms with van der Waals surface area (Å²) >= 11 is 7.13. The molecule has 1 amide bonds. The average Bonchev–Trinajstić information content (AvgIpc) is 3.22. The minimum atomic E-state index is -4.43. The molecule has 2 aromatic carbocycles. The van der Waals surface area contributed by atoms with E-state index in [2.05, 4.69) is 16.9 Å². The van der Waals surface area contributed by atoms with Gasteiger partial charge >= 0.3 is 6.18 Å². The number of hydrogen-bond acceptors (Lipinski definition) is 5. The summed E-state index contributed by atoms with van der Waals surface area (Å²) in [6.45, 7) is 3.81. The van der Waals surface area contributed by atoms with Crippen molar-refractivity contribution in [2.24, 2.45) is 0 Å². The topological polar surface area (TPSA) is 75.0 Å². The second-order valence-corrected chi connectivity index (χ2v) is 8.46. The molecule has 34 heavy (non-hydrogen) atoms. The van der Waals surface area contributed by atoms with E-state index in [-0.39, 0.29) is 23.7 Å². The SMILES string of the molecule is C=CCOc1ccc(Cl)cc1/C=C(\C#N)C(=O)Nc1ncc(Cc2cccc(C(F)(F)F)c2)s1. The number of benzene rings is 2. The Morgan fingerprint density at radius 1 is 1.29 bits per heavy atom. The molecular weight excluding hydrogens is 487 g/mol. The summed E-state index contributed by atoms with van der Waals surface area (Å²) in [5.41, 5.74) is -0.0444. The number of ether oxygens (including phenoxy) is 1. The third-order valence-electron chi connectivity index (χ3n) is 4.40. The third-order valence-corrected chi connectivity index (χ3v) is 5.55. The number of halogens is 4. The largest absolute Gasteiger partial charge is 0.489 e. The van der Waals surface area contributed by atoms with Gasteiger partial charge in [-0.3, -0.25) is 10.1 Å². The van der Waals surface area contributed by atoms with Crippen molar-refractivity contribution in [3.05, 3.63) is 93.5 Å². The van der Waals surface area contributed by atoms with E-state index in [0.29, 0.717) is 26.8 Å². The van der Waals surface area contributed by atoms with Crippen molar-refractivity contribution in [2.75, 3.05) is 11.9 Å². The highest BCUT2D eigenvalue weighted by molar-refractivity contribution is 7.15. The lowest BCUT2D eigenvalue weighted by molar-refractivity contribution is -0.137. The number of hydrogen-bond donors (Lipinski definition) is 1. The van der Waals surface area contributed by atoms with Crippen molar-refractivity contribution in [3.63, 3.8) is 0 Å². The molecule has 0 unspecified atom stereocenters. The second-order valence-electron chi connectivity index (χ2n) is 6.91. The van der Waals surface area contributed by atoms with E-state index < -0.39 is 17.6 Å². The standard InChI is InChI=1S/C24H17ClF3N3O2S/c1-2-8-33-21-7-6-19(25)12-16(21)11-17(13-29)22(32)31-23-30-14-20(34-23)10-15-4-3-5-18(9-15)24(26,27)28/h2-7,9,11-12,14H,1,8,10H2,(H,30,31,32)/b17-11+. The number of thiazole rings is 1. The van der Waals surface area contributed by atoms with Gasteiger partial charge in [0.05, 0.1) is 5.56 Å². The highest BCUT2D eigenvalue weighted by Crippen LogP contribution is 2.31. The smallest absolute Gasteiger partial charge is 0.416 e. The zero-order chi connectivity index (χ0) is 24.7. The van der Waals surface area contributed by atoms with Crippen LogP contribution in [0.15, 0.2) is 66.9 Å². The molecule has 10 heteroatoms. The summed E-state index contributed by atoms with van der Waals surface area (Å²) in [5.74, 6) is -0.278. The average molecular weight is 504 g/mol. The minimum absolute atomic E-state index is 0.208. The maximum atomic E-state index is 12.9. The van der Waals surface area contributed by atoms with Crippen LogP contribution in [-0.2, 0) is 17.4 Å². The molecule has 1 N–H and O–H groups in total. The molecule has 1 heterocycles. The van der Waals surface area contributed by atoms with Crippen LogP contribution < -0.4 is 10.1 Å². The molecule has 0 aliphatic carbocycles. The molecule has 0 saturated carbocycles. The van der Waals surface area contributed by atoms with E-state index in [1.54, 1.807) is 30.3 Å². The molecule has 0 aliphatic rings. The van der Waals surface area contributed by atoms with Crippen LogP contribution in [0.2, 0.25) is 5.02 Å². The van der Waals surface area contributed by atoms with Crippen LogP contribution in [0.1, 0.15) is 21.6 Å². The van der Waals surface area contributed by atoms with Crippen molar-refractivity contribution in [1.29, 1.82) is 5.26 Å².